The Kier molecular flexibility index (Phi) is 8.21. The van der Waals surface area contributed by atoms with Gasteiger partial charge >= 0.3 is 11.9 Å². The van der Waals surface area contributed by atoms with Crippen molar-refractivity contribution in [3.05, 3.63) is 142 Å². The maximum Gasteiger partial charge on any atom is 0.335 e. The van der Waals surface area contributed by atoms with Crippen LogP contribution in [0.5, 0.6) is 0 Å². The number of hydrogen-bond acceptors (Lipinski definition) is 10. The highest BCUT2D eigenvalue weighted by Gasteiger charge is 2.20. The molecule has 52 heavy (non-hydrogen) atoms. The van der Waals surface area contributed by atoms with Gasteiger partial charge in [-0.3, -0.25) is 20.2 Å². The van der Waals surface area contributed by atoms with E-state index >= 15 is 0 Å². The van der Waals surface area contributed by atoms with Crippen molar-refractivity contribution in [3.8, 4) is 34.2 Å². The molecular formula is C34H22N10O8. The molecule has 256 valence electrons. The zero-order valence-electron chi connectivity index (χ0n) is 26.3. The lowest BCUT2D eigenvalue weighted by molar-refractivity contribution is -0.384. The van der Waals surface area contributed by atoms with E-state index in [-0.39, 0.29) is 22.5 Å². The Morgan fingerprint density at radius 3 is 1.38 bits per heavy atom. The minimum Gasteiger partial charge on any atom is -0.478 e. The molecule has 0 amide bonds. The number of carboxylic acids is 2. The number of nitrogens with zero attached hydrogens (tertiary/aromatic N) is 8. The molecule has 0 saturated heterocycles. The zero-order valence-corrected chi connectivity index (χ0v) is 26.3. The summed E-state index contributed by atoms with van der Waals surface area (Å²) in [6, 6.07) is 18.5. The summed E-state index contributed by atoms with van der Waals surface area (Å²) in [6.45, 7) is 0. The fourth-order valence-corrected chi connectivity index (χ4v) is 5.43. The van der Waals surface area contributed by atoms with E-state index in [2.05, 4.69) is 29.9 Å². The minimum atomic E-state index is -1.04. The van der Waals surface area contributed by atoms with Crippen LogP contribution in [0.25, 0.3) is 56.2 Å². The summed E-state index contributed by atoms with van der Waals surface area (Å²) in [7, 11) is 0. The van der Waals surface area contributed by atoms with E-state index in [0.29, 0.717) is 56.2 Å². The number of carboxylic acid groups (broad SMARTS) is 2. The first kappa shape index (κ1) is 32.5. The lowest BCUT2D eigenvalue weighted by Gasteiger charge is -2.05. The molecule has 0 aliphatic rings. The standard InChI is InChI=1S/2C17H11N5O4/c2*23-17(24)11-1-3-12-13(7-11)20-16(19-12)10-2-4-14(15(8-10)22(25)26)21-6-5-18-9-21/h2*1-9H,(H,19,20)(H,23,24). The van der Waals surface area contributed by atoms with Crippen molar-refractivity contribution < 1.29 is 29.6 Å². The van der Waals surface area contributed by atoms with Gasteiger partial charge in [-0.15, -0.1) is 0 Å². The molecule has 18 nitrogen and oxygen atoms in total. The highest BCUT2D eigenvalue weighted by Crippen LogP contribution is 2.31. The van der Waals surface area contributed by atoms with E-state index in [1.807, 2.05) is 0 Å². The van der Waals surface area contributed by atoms with Crippen LogP contribution < -0.4 is 0 Å². The molecule has 0 bridgehead atoms. The molecule has 0 atom stereocenters. The molecule has 4 heterocycles. The average Bonchev–Trinajstić information content (AvgIpc) is 3.97. The number of aromatic nitrogens is 8. The van der Waals surface area contributed by atoms with Crippen LogP contribution in [-0.4, -0.2) is 71.0 Å². The van der Waals surface area contributed by atoms with Gasteiger partial charge in [-0.05, 0) is 60.7 Å². The molecule has 0 unspecified atom stereocenters. The summed E-state index contributed by atoms with van der Waals surface area (Å²) < 4.78 is 3.11. The van der Waals surface area contributed by atoms with E-state index < -0.39 is 21.8 Å². The maximum absolute atomic E-state index is 11.5. The van der Waals surface area contributed by atoms with Gasteiger partial charge in [0.2, 0.25) is 0 Å². The molecule has 4 aromatic carbocycles. The second-order valence-corrected chi connectivity index (χ2v) is 11.1. The van der Waals surface area contributed by atoms with Crippen molar-refractivity contribution in [3.63, 3.8) is 0 Å². The van der Waals surface area contributed by atoms with E-state index in [1.54, 1.807) is 57.9 Å². The molecule has 0 aliphatic heterocycles. The third-order valence-corrected chi connectivity index (χ3v) is 7.91. The van der Waals surface area contributed by atoms with Crippen LogP contribution in [0.2, 0.25) is 0 Å². The summed E-state index contributed by atoms with van der Waals surface area (Å²) in [5.41, 5.74) is 4.14. The number of H-pyrrole nitrogens is 2. The summed E-state index contributed by atoms with van der Waals surface area (Å²) in [6.07, 6.45) is 9.29. The fraction of sp³-hybridized carbons (Fsp3) is 0. The molecule has 0 aliphatic carbocycles. The quantitative estimate of drug-likeness (QED) is 0.105. The molecule has 4 aromatic heterocycles. The van der Waals surface area contributed by atoms with Crippen molar-refractivity contribution in [2.75, 3.05) is 0 Å². The minimum absolute atomic E-state index is 0.0906. The summed E-state index contributed by atoms with van der Waals surface area (Å²) >= 11 is 0. The van der Waals surface area contributed by atoms with Gasteiger partial charge in [0.1, 0.15) is 23.0 Å². The third kappa shape index (κ3) is 6.28. The fourth-order valence-electron chi connectivity index (χ4n) is 5.43. The first-order valence-corrected chi connectivity index (χ1v) is 15.1. The van der Waals surface area contributed by atoms with Gasteiger partial charge < -0.3 is 29.3 Å². The molecular weight excluding hydrogens is 676 g/mol. The number of hydrogen-bond donors (Lipinski definition) is 4. The normalized spacial score (nSPS) is 10.9. The van der Waals surface area contributed by atoms with Gasteiger partial charge in [0.15, 0.2) is 0 Å². The van der Waals surface area contributed by atoms with Gasteiger partial charge in [0.25, 0.3) is 11.4 Å². The summed E-state index contributed by atoms with van der Waals surface area (Å²) in [5.74, 6) is -1.24. The first-order valence-electron chi connectivity index (χ1n) is 15.1. The van der Waals surface area contributed by atoms with E-state index in [4.69, 9.17) is 10.2 Å². The van der Waals surface area contributed by atoms with Crippen LogP contribution in [-0.2, 0) is 0 Å². The van der Waals surface area contributed by atoms with Crippen LogP contribution in [0.15, 0.2) is 110 Å². The third-order valence-electron chi connectivity index (χ3n) is 7.91. The topological polar surface area (TPSA) is 254 Å². The second-order valence-electron chi connectivity index (χ2n) is 11.1. The number of nitrogens with one attached hydrogen (secondary N) is 2. The molecule has 0 spiro atoms. The lowest BCUT2D eigenvalue weighted by Crippen LogP contribution is -1.98. The van der Waals surface area contributed by atoms with Crippen molar-refractivity contribution in [2.24, 2.45) is 0 Å². The van der Waals surface area contributed by atoms with Crippen molar-refractivity contribution >= 4 is 45.4 Å². The summed E-state index contributed by atoms with van der Waals surface area (Å²) in [5, 5.41) is 41.1. The number of fused-ring (bicyclic) bond motifs is 2. The van der Waals surface area contributed by atoms with Crippen LogP contribution in [0, 0.1) is 20.2 Å². The molecule has 8 rings (SSSR count). The monoisotopic (exact) mass is 698 g/mol. The van der Waals surface area contributed by atoms with Crippen LogP contribution >= 0.6 is 0 Å². The highest BCUT2D eigenvalue weighted by molar-refractivity contribution is 5.94. The SMILES string of the molecule is O=C(O)c1ccc2nc(-c3ccc(-n4ccnc4)c([N+](=O)[O-])c3)[nH]c2c1.O=C(O)c1ccc2nc(-c3ccc(-n4ccnc4)c([N+](=O)[O-])c3)[nH]c2c1. The molecule has 0 fully saturated rings. The molecule has 4 N–H and O–H groups in total. The van der Waals surface area contributed by atoms with Crippen molar-refractivity contribution in [2.45, 2.75) is 0 Å². The molecule has 18 heteroatoms. The van der Waals surface area contributed by atoms with Crippen LogP contribution in [0.4, 0.5) is 11.4 Å². The van der Waals surface area contributed by atoms with E-state index in [9.17, 15) is 29.8 Å². The molecule has 8 aromatic rings. The van der Waals surface area contributed by atoms with Gasteiger partial charge in [-0.25, -0.2) is 29.5 Å². The number of nitro groups is 2. The van der Waals surface area contributed by atoms with Gasteiger partial charge in [-0.2, -0.15) is 0 Å². The number of rotatable bonds is 8. The molecule has 0 radical (unpaired) electrons. The average molecular weight is 699 g/mol. The Bertz CT molecular complexity index is 2480. The first-order chi connectivity index (χ1) is 25.0. The van der Waals surface area contributed by atoms with Gasteiger partial charge in [-0.1, -0.05) is 0 Å². The smallest absolute Gasteiger partial charge is 0.335 e. The Balaban J connectivity index is 0.000000162. The van der Waals surface area contributed by atoms with Gasteiger partial charge in [0.05, 0.1) is 55.7 Å². The van der Waals surface area contributed by atoms with Crippen molar-refractivity contribution in [1.82, 2.24) is 39.0 Å². The number of benzene rings is 4. The predicted molar refractivity (Wildman–Crippen MR) is 185 cm³/mol. The number of aromatic amines is 2. The number of nitro benzene ring substituents is 2. The molecule has 0 saturated carbocycles. The number of imidazole rings is 4. The van der Waals surface area contributed by atoms with E-state index in [0.717, 1.165) is 0 Å². The number of carbonyl (C=O) groups is 2. The largest absolute Gasteiger partial charge is 0.478 e. The summed E-state index contributed by atoms with van der Waals surface area (Å²) in [4.78, 5) is 66.8. The highest BCUT2D eigenvalue weighted by atomic mass is 16.6. The van der Waals surface area contributed by atoms with Gasteiger partial charge in [0, 0.05) is 48.0 Å². The maximum atomic E-state index is 11.5. The number of aromatic carboxylic acids is 2. The van der Waals surface area contributed by atoms with E-state index in [1.165, 1.54) is 61.4 Å². The Morgan fingerprint density at radius 2 is 1.04 bits per heavy atom. The Labute approximate surface area is 289 Å². The Morgan fingerprint density at radius 1 is 0.615 bits per heavy atom. The van der Waals surface area contributed by atoms with Crippen LogP contribution in [0.1, 0.15) is 20.7 Å². The second kappa shape index (κ2) is 13.1. The lowest BCUT2D eigenvalue weighted by atomic mass is 10.1. The van der Waals surface area contributed by atoms with Crippen LogP contribution in [0.3, 0.4) is 0 Å². The van der Waals surface area contributed by atoms with Crippen molar-refractivity contribution in [1.29, 1.82) is 0 Å². The predicted octanol–water partition coefficient (Wildman–Crippen LogP) is 6.04. The zero-order chi connectivity index (χ0) is 36.5. The Hall–Kier alpha value is -8.02.